The number of rotatable bonds is 3. The Labute approximate surface area is 170 Å². The molecule has 30 heavy (non-hydrogen) atoms. The van der Waals surface area contributed by atoms with Crippen LogP contribution in [0.4, 0.5) is 4.39 Å². The summed E-state index contributed by atoms with van der Waals surface area (Å²) in [6.45, 7) is 2.96. The fourth-order valence-electron chi connectivity index (χ4n) is 3.60. The number of imidazole rings is 1. The number of nitrogens with zero attached hydrogens (tertiary/aromatic N) is 6. The maximum atomic E-state index is 14.1. The smallest absolute Gasteiger partial charge is 0.312 e. The molecule has 4 heterocycles. The van der Waals surface area contributed by atoms with Gasteiger partial charge >= 0.3 is 11.8 Å². The third-order valence-corrected chi connectivity index (χ3v) is 5.10. The van der Waals surface area contributed by atoms with E-state index in [0.717, 1.165) is 16.6 Å². The maximum Gasteiger partial charge on any atom is 0.312 e. The van der Waals surface area contributed by atoms with Crippen LogP contribution in [0.15, 0.2) is 41.1 Å². The van der Waals surface area contributed by atoms with Crippen molar-refractivity contribution >= 4 is 16.8 Å². The van der Waals surface area contributed by atoms with Gasteiger partial charge in [-0.3, -0.25) is 4.79 Å². The number of fused-ring (bicyclic) bond motifs is 2. The molecular formula is C20H18FN7O2. The Morgan fingerprint density at radius 2 is 2.07 bits per heavy atom. The van der Waals surface area contributed by atoms with E-state index in [9.17, 15) is 9.18 Å². The van der Waals surface area contributed by atoms with Crippen LogP contribution in [0.2, 0.25) is 0 Å². The Bertz CT molecular complexity index is 1240. The average Bonchev–Trinajstić information content (AvgIpc) is 3.41. The summed E-state index contributed by atoms with van der Waals surface area (Å²) in [5, 5.41) is 17.0. The van der Waals surface area contributed by atoms with Gasteiger partial charge in [-0.25, -0.2) is 9.37 Å². The second-order valence-electron chi connectivity index (χ2n) is 7.63. The Morgan fingerprint density at radius 3 is 2.87 bits per heavy atom. The second-order valence-corrected chi connectivity index (χ2v) is 7.63. The number of hydrogen-bond acceptors (Lipinski definition) is 7. The van der Waals surface area contributed by atoms with Gasteiger partial charge in [0.25, 0.3) is 5.89 Å². The van der Waals surface area contributed by atoms with Crippen molar-refractivity contribution in [2.45, 2.75) is 32.0 Å². The standard InChI is InChI=1S/C20H18FN7O2/c1-20(2,21)19-27-26-17(30-19)18(29)28-8-7-13-15(23-10-22-13)16(28)14-9-11-5-3-4-6-12(11)24-25-14/h3-6,9-10,16H,7-8H2,1-2H3,(H,22,23)/t16-/m0/s1. The second kappa shape index (κ2) is 6.68. The number of H-pyrrole nitrogens is 1. The minimum Gasteiger partial charge on any atom is -0.413 e. The van der Waals surface area contributed by atoms with Crippen molar-refractivity contribution in [2.24, 2.45) is 0 Å². The van der Waals surface area contributed by atoms with Crippen molar-refractivity contribution in [3.8, 4) is 0 Å². The van der Waals surface area contributed by atoms with Crippen LogP contribution in [-0.4, -0.2) is 47.7 Å². The van der Waals surface area contributed by atoms with Crippen LogP contribution in [-0.2, 0) is 12.1 Å². The van der Waals surface area contributed by atoms with Gasteiger partial charge in [0.1, 0.15) is 6.04 Å². The Hall–Kier alpha value is -3.69. The summed E-state index contributed by atoms with van der Waals surface area (Å²) in [5.41, 5.74) is 1.09. The first-order valence-electron chi connectivity index (χ1n) is 9.50. The number of benzene rings is 1. The number of aromatic amines is 1. The topological polar surface area (TPSA) is 114 Å². The third-order valence-electron chi connectivity index (χ3n) is 5.10. The van der Waals surface area contributed by atoms with Gasteiger partial charge in [-0.1, -0.05) is 18.2 Å². The normalized spacial score (nSPS) is 16.6. The van der Waals surface area contributed by atoms with Gasteiger partial charge in [0.15, 0.2) is 5.67 Å². The monoisotopic (exact) mass is 407 g/mol. The zero-order chi connectivity index (χ0) is 20.9. The highest BCUT2D eigenvalue weighted by atomic mass is 19.1. The summed E-state index contributed by atoms with van der Waals surface area (Å²) in [6.07, 6.45) is 2.17. The predicted molar refractivity (Wildman–Crippen MR) is 103 cm³/mol. The molecule has 5 rings (SSSR count). The van der Waals surface area contributed by atoms with Gasteiger partial charge < -0.3 is 14.3 Å². The lowest BCUT2D eigenvalue weighted by atomic mass is 9.98. The molecule has 0 unspecified atom stereocenters. The zero-order valence-electron chi connectivity index (χ0n) is 16.3. The van der Waals surface area contributed by atoms with E-state index in [1.54, 1.807) is 11.2 Å². The van der Waals surface area contributed by atoms with Crippen molar-refractivity contribution in [3.63, 3.8) is 0 Å². The summed E-state index contributed by atoms with van der Waals surface area (Å²) >= 11 is 0. The number of halogens is 1. The van der Waals surface area contributed by atoms with Crippen molar-refractivity contribution in [2.75, 3.05) is 6.54 Å². The van der Waals surface area contributed by atoms with Gasteiger partial charge in [-0.15, -0.1) is 10.2 Å². The molecule has 1 N–H and O–H groups in total. The molecule has 4 aromatic rings. The van der Waals surface area contributed by atoms with E-state index in [4.69, 9.17) is 4.42 Å². The predicted octanol–water partition coefficient (Wildman–Crippen LogP) is 2.73. The lowest BCUT2D eigenvalue weighted by Crippen LogP contribution is -2.41. The van der Waals surface area contributed by atoms with E-state index in [1.165, 1.54) is 13.8 Å². The zero-order valence-corrected chi connectivity index (χ0v) is 16.3. The van der Waals surface area contributed by atoms with E-state index in [-0.39, 0.29) is 11.8 Å². The number of carbonyl (C=O) groups is 1. The highest BCUT2D eigenvalue weighted by molar-refractivity contribution is 5.90. The van der Waals surface area contributed by atoms with Crippen LogP contribution in [0, 0.1) is 0 Å². The lowest BCUT2D eigenvalue weighted by Gasteiger charge is -2.33. The third kappa shape index (κ3) is 3.00. The highest BCUT2D eigenvalue weighted by Gasteiger charge is 2.38. The lowest BCUT2D eigenvalue weighted by molar-refractivity contribution is 0.0635. The van der Waals surface area contributed by atoms with E-state index in [1.807, 2.05) is 30.3 Å². The summed E-state index contributed by atoms with van der Waals surface area (Å²) < 4.78 is 19.5. The first-order chi connectivity index (χ1) is 14.4. The molecule has 0 fully saturated rings. The van der Waals surface area contributed by atoms with Crippen molar-refractivity contribution in [1.29, 1.82) is 0 Å². The van der Waals surface area contributed by atoms with E-state index in [2.05, 4.69) is 30.4 Å². The SMILES string of the molecule is CC(C)(F)c1nnc(C(=O)N2CCc3[nH]cnc3[C@@H]2c2cc3ccccc3nn2)o1. The fraction of sp³-hybridized carbons (Fsp3) is 0.300. The number of aromatic nitrogens is 6. The van der Waals surface area contributed by atoms with Gasteiger partial charge in [0.2, 0.25) is 0 Å². The minimum atomic E-state index is -1.84. The summed E-state index contributed by atoms with van der Waals surface area (Å²) in [5.74, 6) is -1.02. The van der Waals surface area contributed by atoms with Gasteiger partial charge in [-0.2, -0.15) is 10.2 Å². The summed E-state index contributed by atoms with van der Waals surface area (Å²) in [6, 6.07) is 8.91. The number of carbonyl (C=O) groups excluding carboxylic acids is 1. The highest BCUT2D eigenvalue weighted by Crippen LogP contribution is 2.34. The van der Waals surface area contributed by atoms with Crippen LogP contribution in [0.3, 0.4) is 0 Å². The van der Waals surface area contributed by atoms with Crippen molar-refractivity contribution in [1.82, 2.24) is 35.3 Å². The number of hydrogen-bond donors (Lipinski definition) is 1. The molecule has 0 spiro atoms. The van der Waals surface area contributed by atoms with Crippen LogP contribution >= 0.6 is 0 Å². The molecule has 10 heteroatoms. The van der Waals surface area contributed by atoms with Gasteiger partial charge in [0, 0.05) is 24.0 Å². The number of amides is 1. The quantitative estimate of drug-likeness (QED) is 0.555. The molecule has 0 radical (unpaired) electrons. The van der Waals surface area contributed by atoms with Crippen LogP contribution < -0.4 is 0 Å². The Kier molecular flexibility index (Phi) is 4.09. The van der Waals surface area contributed by atoms with E-state index < -0.39 is 17.6 Å². The molecule has 0 saturated heterocycles. The molecule has 0 aliphatic carbocycles. The molecule has 9 nitrogen and oxygen atoms in total. The van der Waals surface area contributed by atoms with E-state index in [0.29, 0.717) is 24.4 Å². The van der Waals surface area contributed by atoms with Crippen molar-refractivity contribution < 1.29 is 13.6 Å². The molecule has 1 amide bonds. The minimum absolute atomic E-state index is 0.245. The van der Waals surface area contributed by atoms with Gasteiger partial charge in [0.05, 0.1) is 23.2 Å². The molecule has 0 bridgehead atoms. The molecule has 3 aromatic heterocycles. The molecule has 152 valence electrons. The number of alkyl halides is 1. The van der Waals surface area contributed by atoms with Crippen LogP contribution in [0.5, 0.6) is 0 Å². The average molecular weight is 407 g/mol. The fourth-order valence-corrected chi connectivity index (χ4v) is 3.60. The molecular weight excluding hydrogens is 389 g/mol. The van der Waals surface area contributed by atoms with Gasteiger partial charge in [-0.05, 0) is 26.0 Å². The first-order valence-corrected chi connectivity index (χ1v) is 9.50. The molecule has 1 aliphatic heterocycles. The summed E-state index contributed by atoms with van der Waals surface area (Å²) in [7, 11) is 0. The number of nitrogens with one attached hydrogen (secondary N) is 1. The summed E-state index contributed by atoms with van der Waals surface area (Å²) in [4.78, 5) is 22.3. The Balaban J connectivity index is 1.58. The molecule has 1 aromatic carbocycles. The molecule has 1 aliphatic rings. The molecule has 1 atom stereocenters. The Morgan fingerprint density at radius 1 is 1.23 bits per heavy atom. The van der Waals surface area contributed by atoms with Crippen molar-refractivity contribution in [3.05, 3.63) is 65.5 Å². The maximum absolute atomic E-state index is 14.1. The van der Waals surface area contributed by atoms with E-state index >= 15 is 0 Å². The van der Waals surface area contributed by atoms with Crippen LogP contribution in [0.1, 0.15) is 53.5 Å². The largest absolute Gasteiger partial charge is 0.413 e. The molecule has 0 saturated carbocycles. The first kappa shape index (κ1) is 18.3. The van der Waals surface area contributed by atoms with Crippen LogP contribution in [0.25, 0.3) is 10.9 Å².